The molecule has 0 fully saturated rings. The minimum Gasteiger partial charge on any atom is -0.479 e. The van der Waals surface area contributed by atoms with Gasteiger partial charge in [0.1, 0.15) is 10.7 Å². The molecule has 0 radical (unpaired) electrons. The van der Waals surface area contributed by atoms with Gasteiger partial charge in [0.15, 0.2) is 6.04 Å². The summed E-state index contributed by atoms with van der Waals surface area (Å²) >= 11 is 1.29. The number of rotatable bonds is 6. The number of aliphatic carboxylic acids is 1. The molecule has 1 heterocycles. The fraction of sp³-hybridized carbons (Fsp3) is 0.312. The lowest BCUT2D eigenvalue weighted by Crippen LogP contribution is -2.34. The van der Waals surface area contributed by atoms with E-state index >= 15 is 0 Å². The minimum atomic E-state index is -1.12. The number of nitrogens with one attached hydrogen (secondary N) is 1. The zero-order valence-electron chi connectivity index (χ0n) is 13.1. The molecule has 6 nitrogen and oxygen atoms in total. The molecule has 2 N–H and O–H groups in total. The average molecular weight is 334 g/mol. The first-order valence-electron chi connectivity index (χ1n) is 6.96. The number of benzene rings is 1. The van der Waals surface area contributed by atoms with Crippen LogP contribution in [0.25, 0.3) is 0 Å². The van der Waals surface area contributed by atoms with Crippen LogP contribution in [0.1, 0.15) is 38.2 Å². The van der Waals surface area contributed by atoms with Gasteiger partial charge in [0.25, 0.3) is 5.91 Å². The summed E-state index contributed by atoms with van der Waals surface area (Å²) in [4.78, 5) is 27.9. The molecule has 23 heavy (non-hydrogen) atoms. The Morgan fingerprint density at radius 3 is 2.52 bits per heavy atom. The van der Waals surface area contributed by atoms with Crippen molar-refractivity contribution in [2.75, 3.05) is 7.11 Å². The van der Waals surface area contributed by atoms with Crippen molar-refractivity contribution in [2.24, 2.45) is 0 Å². The highest BCUT2D eigenvalue weighted by molar-refractivity contribution is 7.09. The third-order valence-electron chi connectivity index (χ3n) is 3.15. The van der Waals surface area contributed by atoms with Gasteiger partial charge in [-0.15, -0.1) is 11.3 Å². The van der Waals surface area contributed by atoms with Crippen LogP contribution in [-0.4, -0.2) is 29.1 Å². The summed E-state index contributed by atoms with van der Waals surface area (Å²) in [7, 11) is 1.54. The fourth-order valence-corrected chi connectivity index (χ4v) is 3.02. The molecule has 0 aliphatic heterocycles. The molecule has 0 saturated carbocycles. The third-order valence-corrected chi connectivity index (χ3v) is 3.97. The van der Waals surface area contributed by atoms with E-state index in [4.69, 9.17) is 4.74 Å². The van der Waals surface area contributed by atoms with Crippen LogP contribution in [0.4, 0.5) is 0 Å². The second-order valence-corrected chi connectivity index (χ2v) is 6.17. The van der Waals surface area contributed by atoms with Gasteiger partial charge in [0.2, 0.25) is 0 Å². The summed E-state index contributed by atoms with van der Waals surface area (Å²) in [5.74, 6) is -1.63. The van der Waals surface area contributed by atoms with Gasteiger partial charge in [-0.2, -0.15) is 0 Å². The van der Waals surface area contributed by atoms with Crippen molar-refractivity contribution >= 4 is 23.2 Å². The summed E-state index contributed by atoms with van der Waals surface area (Å²) < 4.78 is 4.96. The van der Waals surface area contributed by atoms with E-state index in [0.717, 1.165) is 11.1 Å². The van der Waals surface area contributed by atoms with Crippen molar-refractivity contribution < 1.29 is 19.4 Å². The highest BCUT2D eigenvalue weighted by Gasteiger charge is 2.24. The number of carboxylic acids is 1. The van der Waals surface area contributed by atoms with Crippen LogP contribution in [0, 0.1) is 13.8 Å². The van der Waals surface area contributed by atoms with Crippen molar-refractivity contribution in [3.8, 4) is 0 Å². The average Bonchev–Trinajstić information content (AvgIpc) is 2.92. The maximum Gasteiger partial charge on any atom is 0.330 e. The van der Waals surface area contributed by atoms with Crippen molar-refractivity contribution in [3.63, 3.8) is 0 Å². The summed E-state index contributed by atoms with van der Waals surface area (Å²) in [6.45, 7) is 4.08. The van der Waals surface area contributed by atoms with E-state index in [-0.39, 0.29) is 5.69 Å². The van der Waals surface area contributed by atoms with E-state index in [0.29, 0.717) is 17.2 Å². The topological polar surface area (TPSA) is 88.5 Å². The zero-order chi connectivity index (χ0) is 17.0. The molecule has 0 aliphatic rings. The highest BCUT2D eigenvalue weighted by Crippen LogP contribution is 2.19. The van der Waals surface area contributed by atoms with Crippen LogP contribution in [0.2, 0.25) is 0 Å². The van der Waals surface area contributed by atoms with Crippen LogP contribution in [0.3, 0.4) is 0 Å². The molecule has 0 bridgehead atoms. The molecule has 1 unspecified atom stereocenters. The first-order chi connectivity index (χ1) is 10.9. The second kappa shape index (κ2) is 7.34. The van der Waals surface area contributed by atoms with Crippen LogP contribution in [-0.2, 0) is 16.1 Å². The molecule has 2 aromatic rings. The van der Waals surface area contributed by atoms with Gasteiger partial charge >= 0.3 is 5.97 Å². The lowest BCUT2D eigenvalue weighted by molar-refractivity contribution is -0.139. The standard InChI is InChI=1S/C16H18N2O4S/c1-9-4-10(2)6-11(5-9)14(16(20)21)18-15(19)12-8-23-13(17-12)7-22-3/h4-6,8,14H,7H2,1-3H3,(H,18,19)(H,20,21). The number of aromatic nitrogens is 1. The van der Waals surface area contributed by atoms with Crippen molar-refractivity contribution in [3.05, 3.63) is 51.0 Å². The number of hydrogen-bond acceptors (Lipinski definition) is 5. The summed E-state index contributed by atoms with van der Waals surface area (Å²) in [5.41, 5.74) is 2.61. The monoisotopic (exact) mass is 334 g/mol. The molecular weight excluding hydrogens is 316 g/mol. The van der Waals surface area contributed by atoms with Crippen molar-refractivity contribution in [1.82, 2.24) is 10.3 Å². The number of amides is 1. The predicted octanol–water partition coefficient (Wildman–Crippen LogP) is 2.46. The quantitative estimate of drug-likeness (QED) is 0.847. The number of methoxy groups -OCH3 is 1. The van der Waals surface area contributed by atoms with Crippen molar-refractivity contribution in [2.45, 2.75) is 26.5 Å². The van der Waals surface area contributed by atoms with E-state index in [1.807, 2.05) is 19.9 Å². The Bertz CT molecular complexity index is 706. The molecule has 1 aromatic carbocycles. The Morgan fingerprint density at radius 1 is 1.30 bits per heavy atom. The third kappa shape index (κ3) is 4.37. The number of aryl methyl sites for hydroxylation is 2. The molecule has 1 amide bonds. The number of ether oxygens (including phenoxy) is 1. The zero-order valence-corrected chi connectivity index (χ0v) is 13.9. The Hall–Kier alpha value is -2.25. The number of hydrogen-bond donors (Lipinski definition) is 2. The van der Waals surface area contributed by atoms with E-state index in [9.17, 15) is 14.7 Å². The van der Waals surface area contributed by atoms with Gasteiger partial charge < -0.3 is 15.2 Å². The SMILES string of the molecule is COCc1nc(C(=O)NC(C(=O)O)c2cc(C)cc(C)c2)cs1. The number of carbonyl (C=O) groups is 2. The number of carboxylic acid groups (broad SMARTS) is 1. The Labute approximate surface area is 138 Å². The predicted molar refractivity (Wildman–Crippen MR) is 86.6 cm³/mol. The van der Waals surface area contributed by atoms with E-state index in [1.165, 1.54) is 11.3 Å². The largest absolute Gasteiger partial charge is 0.479 e. The molecular formula is C16H18N2O4S. The molecule has 1 atom stereocenters. The lowest BCUT2D eigenvalue weighted by atomic mass is 10.0. The van der Waals surface area contributed by atoms with Gasteiger partial charge in [-0.05, 0) is 19.4 Å². The first kappa shape index (κ1) is 17.1. The van der Waals surface area contributed by atoms with Crippen LogP contribution in [0.5, 0.6) is 0 Å². The van der Waals surface area contributed by atoms with Gasteiger partial charge in [-0.3, -0.25) is 4.79 Å². The number of carbonyl (C=O) groups excluding carboxylic acids is 1. The fourth-order valence-electron chi connectivity index (χ4n) is 2.27. The van der Waals surface area contributed by atoms with Gasteiger partial charge in [-0.1, -0.05) is 29.3 Å². The minimum absolute atomic E-state index is 0.192. The molecule has 0 saturated heterocycles. The van der Waals surface area contributed by atoms with Crippen molar-refractivity contribution in [1.29, 1.82) is 0 Å². The molecule has 0 spiro atoms. The molecule has 7 heteroatoms. The Kier molecular flexibility index (Phi) is 5.46. The number of nitrogens with zero attached hydrogens (tertiary/aromatic N) is 1. The van der Waals surface area contributed by atoms with E-state index < -0.39 is 17.9 Å². The summed E-state index contributed by atoms with van der Waals surface area (Å²) in [5, 5.41) is 14.2. The maximum atomic E-state index is 12.2. The van der Waals surface area contributed by atoms with Gasteiger partial charge in [0, 0.05) is 12.5 Å². The number of thiazole rings is 1. The van der Waals surface area contributed by atoms with Crippen LogP contribution in [0.15, 0.2) is 23.6 Å². The molecule has 2 rings (SSSR count). The van der Waals surface area contributed by atoms with E-state index in [1.54, 1.807) is 24.6 Å². The normalized spacial score (nSPS) is 12.0. The summed E-state index contributed by atoms with van der Waals surface area (Å²) in [6, 6.07) is 4.34. The Balaban J connectivity index is 2.21. The lowest BCUT2D eigenvalue weighted by Gasteiger charge is -2.15. The first-order valence-corrected chi connectivity index (χ1v) is 7.84. The molecule has 122 valence electrons. The Morgan fingerprint density at radius 2 is 1.96 bits per heavy atom. The summed E-state index contributed by atoms with van der Waals surface area (Å²) in [6.07, 6.45) is 0. The van der Waals surface area contributed by atoms with E-state index in [2.05, 4.69) is 10.3 Å². The van der Waals surface area contributed by atoms with Gasteiger partial charge in [-0.25, -0.2) is 9.78 Å². The smallest absolute Gasteiger partial charge is 0.330 e. The molecule has 0 aliphatic carbocycles. The maximum absolute atomic E-state index is 12.2. The molecule has 1 aromatic heterocycles. The second-order valence-electron chi connectivity index (χ2n) is 5.23. The van der Waals surface area contributed by atoms with Crippen LogP contribution >= 0.6 is 11.3 Å². The van der Waals surface area contributed by atoms with Gasteiger partial charge in [0.05, 0.1) is 6.61 Å². The van der Waals surface area contributed by atoms with Crippen LogP contribution < -0.4 is 5.32 Å². The highest BCUT2D eigenvalue weighted by atomic mass is 32.1.